The van der Waals surface area contributed by atoms with Crippen LogP contribution >= 0.6 is 0 Å². The smallest absolute Gasteiger partial charge is 0.251 e. The highest BCUT2D eigenvalue weighted by molar-refractivity contribution is 6.04. The van der Waals surface area contributed by atoms with E-state index in [-0.39, 0.29) is 5.91 Å². The predicted molar refractivity (Wildman–Crippen MR) is 150 cm³/mol. The summed E-state index contributed by atoms with van der Waals surface area (Å²) in [6.45, 7) is 3.80. The maximum Gasteiger partial charge on any atom is 0.251 e. The van der Waals surface area contributed by atoms with E-state index in [0.29, 0.717) is 13.0 Å². The van der Waals surface area contributed by atoms with Crippen molar-refractivity contribution in [2.75, 3.05) is 36.5 Å². The van der Waals surface area contributed by atoms with E-state index < -0.39 is 0 Å². The standard InChI is InChI=1S/C31H30N4O3/c36-31(32-25-10-12-26(13-11-25)35-16-18-37-19-17-35)24-8-6-23(7-9-24)30-33-28-15-14-27(20-29(28)34-30)38-21-22-4-2-1-3-5-22/h1-6,8,10-15,20H,7,9,16-19,21H2,(H,32,36)(H,33,34). The Hall–Kier alpha value is -4.36. The van der Waals surface area contributed by atoms with Gasteiger partial charge in [-0.05, 0) is 60.4 Å². The van der Waals surface area contributed by atoms with Gasteiger partial charge in [-0.1, -0.05) is 42.5 Å². The lowest BCUT2D eigenvalue weighted by molar-refractivity contribution is -0.113. The van der Waals surface area contributed by atoms with Gasteiger partial charge in [-0.15, -0.1) is 0 Å². The van der Waals surface area contributed by atoms with Gasteiger partial charge < -0.3 is 24.7 Å². The molecule has 1 aliphatic carbocycles. The number of aromatic nitrogens is 2. The summed E-state index contributed by atoms with van der Waals surface area (Å²) >= 11 is 0. The number of amides is 1. The normalized spacial score (nSPS) is 15.6. The highest BCUT2D eigenvalue weighted by Gasteiger charge is 2.17. The Morgan fingerprint density at radius 1 is 0.974 bits per heavy atom. The zero-order chi connectivity index (χ0) is 25.7. The number of hydrogen-bond donors (Lipinski definition) is 2. The first kappa shape index (κ1) is 24.0. The second-order valence-corrected chi connectivity index (χ2v) is 9.52. The summed E-state index contributed by atoms with van der Waals surface area (Å²) in [5.41, 5.74) is 6.74. The molecule has 1 saturated heterocycles. The molecule has 0 spiro atoms. The average Bonchev–Trinajstić information content (AvgIpc) is 3.41. The zero-order valence-corrected chi connectivity index (χ0v) is 21.2. The van der Waals surface area contributed by atoms with E-state index in [9.17, 15) is 4.79 Å². The van der Waals surface area contributed by atoms with Crippen molar-refractivity contribution >= 4 is 33.9 Å². The van der Waals surface area contributed by atoms with Crippen LogP contribution in [0.2, 0.25) is 0 Å². The van der Waals surface area contributed by atoms with Crippen molar-refractivity contribution in [2.45, 2.75) is 19.4 Å². The minimum absolute atomic E-state index is 0.0655. The number of carbonyl (C=O) groups is 1. The number of aromatic amines is 1. The van der Waals surface area contributed by atoms with Crippen molar-refractivity contribution in [3.8, 4) is 5.75 Å². The zero-order valence-electron chi connectivity index (χ0n) is 21.2. The molecule has 1 aliphatic heterocycles. The molecule has 0 radical (unpaired) electrons. The van der Waals surface area contributed by atoms with Crippen LogP contribution in [0.3, 0.4) is 0 Å². The van der Waals surface area contributed by atoms with Crippen LogP contribution in [0, 0.1) is 0 Å². The van der Waals surface area contributed by atoms with Crippen molar-refractivity contribution in [2.24, 2.45) is 0 Å². The molecule has 7 heteroatoms. The molecular weight excluding hydrogens is 476 g/mol. The summed E-state index contributed by atoms with van der Waals surface area (Å²) < 4.78 is 11.4. The lowest BCUT2D eigenvalue weighted by Gasteiger charge is -2.28. The first-order valence-corrected chi connectivity index (χ1v) is 13.0. The van der Waals surface area contributed by atoms with Crippen LogP contribution in [0.25, 0.3) is 16.6 Å². The Balaban J connectivity index is 1.09. The first-order valence-electron chi connectivity index (χ1n) is 13.0. The fourth-order valence-corrected chi connectivity index (χ4v) is 4.78. The number of ether oxygens (including phenoxy) is 2. The number of carbonyl (C=O) groups excluding carboxylic acids is 1. The molecule has 1 aromatic heterocycles. The predicted octanol–water partition coefficient (Wildman–Crippen LogP) is 5.72. The summed E-state index contributed by atoms with van der Waals surface area (Å²) in [5, 5.41) is 3.03. The van der Waals surface area contributed by atoms with E-state index in [0.717, 1.165) is 83.4 Å². The van der Waals surface area contributed by atoms with Crippen molar-refractivity contribution in [1.82, 2.24) is 9.97 Å². The number of imidazole rings is 1. The van der Waals surface area contributed by atoms with Gasteiger partial charge in [0.05, 0.1) is 24.2 Å². The number of anilines is 2. The molecule has 4 aromatic rings. The molecule has 2 N–H and O–H groups in total. The SMILES string of the molecule is O=C(Nc1ccc(N2CCOCC2)cc1)C1=CC=C(c2nc3ccc(OCc4ccccc4)cc3[nH]2)CC1. The Morgan fingerprint density at radius 2 is 1.79 bits per heavy atom. The van der Waals surface area contributed by atoms with E-state index in [1.54, 1.807) is 0 Å². The topological polar surface area (TPSA) is 79.5 Å². The van der Waals surface area contributed by atoms with Crippen molar-refractivity contribution in [3.63, 3.8) is 0 Å². The summed E-state index contributed by atoms with van der Waals surface area (Å²) in [6, 6.07) is 24.0. The molecule has 0 saturated carbocycles. The Kier molecular flexibility index (Phi) is 6.91. The number of rotatable bonds is 7. The number of morpholine rings is 1. The maximum absolute atomic E-state index is 12.9. The van der Waals surface area contributed by atoms with Crippen LogP contribution < -0.4 is 15.0 Å². The first-order chi connectivity index (χ1) is 18.7. The van der Waals surface area contributed by atoms with Gasteiger partial charge in [0.1, 0.15) is 18.2 Å². The van der Waals surface area contributed by atoms with Gasteiger partial charge in [0.15, 0.2) is 0 Å². The van der Waals surface area contributed by atoms with Crippen molar-refractivity contribution < 1.29 is 14.3 Å². The third-order valence-corrected chi connectivity index (χ3v) is 6.95. The van der Waals surface area contributed by atoms with Crippen molar-refractivity contribution in [3.05, 3.63) is 102 Å². The summed E-state index contributed by atoms with van der Waals surface area (Å²) in [7, 11) is 0. The number of allylic oxidation sites excluding steroid dienone is 3. The lowest BCUT2D eigenvalue weighted by atomic mass is 9.97. The number of nitrogens with one attached hydrogen (secondary N) is 2. The summed E-state index contributed by atoms with van der Waals surface area (Å²) in [4.78, 5) is 23.3. The van der Waals surface area contributed by atoms with E-state index in [2.05, 4.69) is 15.2 Å². The van der Waals surface area contributed by atoms with Gasteiger partial charge in [-0.25, -0.2) is 4.98 Å². The average molecular weight is 507 g/mol. The highest BCUT2D eigenvalue weighted by Crippen LogP contribution is 2.29. The molecule has 1 amide bonds. The van der Waals surface area contributed by atoms with Gasteiger partial charge in [0, 0.05) is 36.1 Å². The number of benzene rings is 3. The Labute approximate surface area is 221 Å². The molecule has 0 unspecified atom stereocenters. The largest absolute Gasteiger partial charge is 0.489 e. The maximum atomic E-state index is 12.9. The van der Waals surface area contributed by atoms with Crippen LogP contribution in [0.15, 0.2) is 90.5 Å². The van der Waals surface area contributed by atoms with E-state index in [1.807, 2.05) is 84.9 Å². The third kappa shape index (κ3) is 5.48. The lowest BCUT2D eigenvalue weighted by Crippen LogP contribution is -2.36. The Morgan fingerprint density at radius 3 is 2.55 bits per heavy atom. The van der Waals surface area contributed by atoms with E-state index >= 15 is 0 Å². The molecule has 38 heavy (non-hydrogen) atoms. The molecule has 1 fully saturated rings. The fraction of sp³-hybridized carbons (Fsp3) is 0.226. The minimum Gasteiger partial charge on any atom is -0.489 e. The monoisotopic (exact) mass is 506 g/mol. The molecule has 0 atom stereocenters. The van der Waals surface area contributed by atoms with Gasteiger partial charge in [-0.3, -0.25) is 4.79 Å². The highest BCUT2D eigenvalue weighted by atomic mass is 16.5. The number of nitrogens with zero attached hydrogens (tertiary/aromatic N) is 2. The number of hydrogen-bond acceptors (Lipinski definition) is 5. The molecule has 3 aromatic carbocycles. The van der Waals surface area contributed by atoms with Crippen LogP contribution in [0.4, 0.5) is 11.4 Å². The van der Waals surface area contributed by atoms with Gasteiger partial charge in [0.25, 0.3) is 5.91 Å². The van der Waals surface area contributed by atoms with Crippen LogP contribution in [-0.4, -0.2) is 42.2 Å². The van der Waals surface area contributed by atoms with Crippen LogP contribution in [0.5, 0.6) is 5.75 Å². The molecular formula is C31H30N4O3. The number of H-pyrrole nitrogens is 1. The third-order valence-electron chi connectivity index (χ3n) is 6.95. The van der Waals surface area contributed by atoms with E-state index in [4.69, 9.17) is 14.5 Å². The fourth-order valence-electron chi connectivity index (χ4n) is 4.78. The molecule has 2 aliphatic rings. The molecule has 6 rings (SSSR count). The van der Waals surface area contributed by atoms with Gasteiger partial charge in [-0.2, -0.15) is 0 Å². The molecule has 2 heterocycles. The van der Waals surface area contributed by atoms with Crippen LogP contribution in [-0.2, 0) is 16.1 Å². The summed E-state index contributed by atoms with van der Waals surface area (Å²) in [5.74, 6) is 1.56. The molecule has 7 nitrogen and oxygen atoms in total. The van der Waals surface area contributed by atoms with Crippen LogP contribution in [0.1, 0.15) is 24.2 Å². The quantitative estimate of drug-likeness (QED) is 0.335. The second kappa shape index (κ2) is 10.9. The van der Waals surface area contributed by atoms with E-state index in [1.165, 1.54) is 0 Å². The Bertz CT molecular complexity index is 1480. The molecule has 0 bridgehead atoms. The summed E-state index contributed by atoms with van der Waals surface area (Å²) in [6.07, 6.45) is 5.29. The molecule has 192 valence electrons. The van der Waals surface area contributed by atoms with Gasteiger partial charge in [0.2, 0.25) is 0 Å². The van der Waals surface area contributed by atoms with Gasteiger partial charge >= 0.3 is 0 Å². The minimum atomic E-state index is -0.0655. The second-order valence-electron chi connectivity index (χ2n) is 9.52. The number of fused-ring (bicyclic) bond motifs is 1. The van der Waals surface area contributed by atoms with Crippen molar-refractivity contribution in [1.29, 1.82) is 0 Å².